The van der Waals surface area contributed by atoms with E-state index in [4.69, 9.17) is 9.84 Å². The Kier molecular flexibility index (Phi) is 4.40. The maximum Gasteiger partial charge on any atom is 0.212 e. The molecule has 0 bridgehead atoms. The number of allylic oxidation sites excluding steroid dienone is 4. The van der Waals surface area contributed by atoms with Crippen LogP contribution in [0, 0.1) is 0 Å². The number of hydrogen-bond acceptors (Lipinski definition) is 5. The number of hydrogen-bond donors (Lipinski definition) is 0. The van der Waals surface area contributed by atoms with Crippen molar-refractivity contribution in [2.24, 2.45) is 5.10 Å². The van der Waals surface area contributed by atoms with Gasteiger partial charge in [-0.3, -0.25) is 0 Å². The first-order valence-corrected chi connectivity index (χ1v) is 9.15. The second kappa shape index (κ2) is 6.84. The normalized spacial score (nSPS) is 19.2. The van der Waals surface area contributed by atoms with Crippen LogP contribution in [0.4, 0.5) is 4.39 Å². The number of rotatable bonds is 4. The molecule has 2 aliphatic rings. The molecule has 1 atom stereocenters. The predicted octanol–water partition coefficient (Wildman–Crippen LogP) is 3.72. The van der Waals surface area contributed by atoms with Crippen LogP contribution in [0.1, 0.15) is 24.7 Å². The van der Waals surface area contributed by atoms with Crippen LogP contribution in [0.25, 0.3) is 5.57 Å². The fraction of sp³-hybridized carbons (Fsp3) is 0.278. The van der Waals surface area contributed by atoms with Gasteiger partial charge in [-0.25, -0.2) is 4.39 Å². The molecule has 128 valence electrons. The zero-order chi connectivity index (χ0) is 17.2. The Labute approximate surface area is 149 Å². The summed E-state index contributed by atoms with van der Waals surface area (Å²) in [6.07, 6.45) is 4.56. The fourth-order valence-electron chi connectivity index (χ4n) is 2.72. The lowest BCUT2D eigenvalue weighted by Gasteiger charge is -2.15. The van der Waals surface area contributed by atoms with E-state index in [-0.39, 0.29) is 0 Å². The lowest BCUT2D eigenvalue weighted by molar-refractivity contribution is 0.340. The van der Waals surface area contributed by atoms with Gasteiger partial charge in [0.25, 0.3) is 0 Å². The molecule has 1 unspecified atom stereocenters. The molecule has 2 heterocycles. The molecule has 5 nitrogen and oxygen atoms in total. The minimum atomic E-state index is -0.926. The average Bonchev–Trinajstić information content (AvgIpc) is 3.06. The van der Waals surface area contributed by atoms with Gasteiger partial charge >= 0.3 is 0 Å². The number of halogens is 1. The third-order valence-electron chi connectivity index (χ3n) is 3.98. The Morgan fingerprint density at radius 3 is 2.84 bits per heavy atom. The quantitative estimate of drug-likeness (QED) is 0.838. The number of aromatic nitrogens is 3. The van der Waals surface area contributed by atoms with Crippen molar-refractivity contribution >= 4 is 23.0 Å². The molecule has 0 saturated heterocycles. The molecule has 1 aromatic heterocycles. The smallest absolute Gasteiger partial charge is 0.212 e. The van der Waals surface area contributed by atoms with Crippen LogP contribution in [0.5, 0.6) is 5.75 Å². The van der Waals surface area contributed by atoms with E-state index in [0.717, 1.165) is 33.5 Å². The first-order valence-electron chi connectivity index (χ1n) is 8.16. The van der Waals surface area contributed by atoms with Gasteiger partial charge in [0.2, 0.25) is 5.16 Å². The van der Waals surface area contributed by atoms with Gasteiger partial charge in [0.1, 0.15) is 11.9 Å². The lowest BCUT2D eigenvalue weighted by Crippen LogP contribution is -2.14. The maximum atomic E-state index is 13.3. The minimum Gasteiger partial charge on any atom is -0.494 e. The standard InChI is InChI=1S/C18H17FN4OS/c1-2-24-15-9-5-12(6-10-15)16-11-25-18-21-20-17(23(18)22-16)13-3-7-14(19)8-4-13/h3-7,9-10,14H,2,8,11H2,1H3. The van der Waals surface area contributed by atoms with Crippen molar-refractivity contribution in [3.8, 4) is 5.75 Å². The second-order valence-electron chi connectivity index (χ2n) is 5.68. The molecule has 1 aliphatic heterocycles. The van der Waals surface area contributed by atoms with E-state index in [0.29, 0.717) is 18.9 Å². The summed E-state index contributed by atoms with van der Waals surface area (Å²) in [6, 6.07) is 7.91. The monoisotopic (exact) mass is 356 g/mol. The molecule has 0 saturated carbocycles. The summed E-state index contributed by atoms with van der Waals surface area (Å²) < 4.78 is 20.5. The summed E-state index contributed by atoms with van der Waals surface area (Å²) in [4.78, 5) is 0. The number of alkyl halides is 1. The average molecular weight is 356 g/mol. The molecule has 1 aliphatic carbocycles. The summed E-state index contributed by atoms with van der Waals surface area (Å²) in [7, 11) is 0. The van der Waals surface area contributed by atoms with Crippen LogP contribution in [0.2, 0.25) is 0 Å². The summed E-state index contributed by atoms with van der Waals surface area (Å²) in [6.45, 7) is 2.61. The molecule has 0 N–H and O–H groups in total. The van der Waals surface area contributed by atoms with Crippen LogP contribution in [0.3, 0.4) is 0 Å². The number of nitrogens with zero attached hydrogens (tertiary/aromatic N) is 4. The van der Waals surface area contributed by atoms with E-state index in [9.17, 15) is 4.39 Å². The molecular weight excluding hydrogens is 339 g/mol. The van der Waals surface area contributed by atoms with Gasteiger partial charge in [0.15, 0.2) is 5.82 Å². The highest BCUT2D eigenvalue weighted by Gasteiger charge is 2.22. The Morgan fingerprint density at radius 1 is 1.28 bits per heavy atom. The zero-order valence-corrected chi connectivity index (χ0v) is 14.5. The molecule has 0 fully saturated rings. The Balaban J connectivity index is 1.65. The highest BCUT2D eigenvalue weighted by Crippen LogP contribution is 2.29. The second-order valence-corrected chi connectivity index (χ2v) is 6.62. The summed E-state index contributed by atoms with van der Waals surface area (Å²) in [5.74, 6) is 2.22. The zero-order valence-electron chi connectivity index (χ0n) is 13.7. The van der Waals surface area contributed by atoms with E-state index in [1.807, 2.05) is 37.3 Å². The van der Waals surface area contributed by atoms with Crippen molar-refractivity contribution in [2.45, 2.75) is 24.7 Å². The van der Waals surface area contributed by atoms with Crippen molar-refractivity contribution in [3.63, 3.8) is 0 Å². The molecule has 2 aromatic rings. The minimum absolute atomic E-state index is 0.358. The van der Waals surface area contributed by atoms with Gasteiger partial charge in [-0.2, -0.15) is 9.78 Å². The van der Waals surface area contributed by atoms with Crippen molar-refractivity contribution in [3.05, 3.63) is 53.9 Å². The van der Waals surface area contributed by atoms with E-state index in [1.54, 1.807) is 28.6 Å². The maximum absolute atomic E-state index is 13.3. The van der Waals surface area contributed by atoms with Crippen molar-refractivity contribution in [2.75, 3.05) is 12.4 Å². The molecule has 4 rings (SSSR count). The van der Waals surface area contributed by atoms with Gasteiger partial charge in [0.05, 0.1) is 12.3 Å². The number of benzene rings is 1. The van der Waals surface area contributed by atoms with E-state index in [2.05, 4.69) is 10.2 Å². The fourth-order valence-corrected chi connectivity index (χ4v) is 3.56. The SMILES string of the molecule is CCOc1ccc(C2=Nn3c(nnc3C3=CCC(F)C=C3)SC2)cc1. The van der Waals surface area contributed by atoms with E-state index >= 15 is 0 Å². The van der Waals surface area contributed by atoms with Crippen molar-refractivity contribution in [1.82, 2.24) is 14.9 Å². The molecule has 1 aromatic carbocycles. The molecule has 7 heteroatoms. The summed E-state index contributed by atoms with van der Waals surface area (Å²) >= 11 is 1.59. The number of thioether (sulfide) groups is 1. The number of fused-ring (bicyclic) bond motifs is 1. The van der Waals surface area contributed by atoms with Gasteiger partial charge in [-0.05, 0) is 42.8 Å². The largest absolute Gasteiger partial charge is 0.494 e. The van der Waals surface area contributed by atoms with E-state index in [1.165, 1.54) is 0 Å². The lowest BCUT2D eigenvalue weighted by atomic mass is 10.1. The Hall–Kier alpha value is -2.41. The Bertz CT molecular complexity index is 870. The predicted molar refractivity (Wildman–Crippen MR) is 96.9 cm³/mol. The van der Waals surface area contributed by atoms with Gasteiger partial charge < -0.3 is 4.74 Å². The third-order valence-corrected chi connectivity index (χ3v) is 4.91. The summed E-state index contributed by atoms with van der Waals surface area (Å²) in [5.41, 5.74) is 2.84. The van der Waals surface area contributed by atoms with Crippen LogP contribution in [-0.4, -0.2) is 39.1 Å². The molecule has 0 spiro atoms. The van der Waals surface area contributed by atoms with Crippen LogP contribution < -0.4 is 4.74 Å². The molecular formula is C18H17FN4OS. The van der Waals surface area contributed by atoms with Gasteiger partial charge in [0, 0.05) is 17.7 Å². The van der Waals surface area contributed by atoms with Crippen LogP contribution in [-0.2, 0) is 0 Å². The van der Waals surface area contributed by atoms with Gasteiger partial charge in [-0.1, -0.05) is 23.9 Å². The third kappa shape index (κ3) is 3.24. The highest BCUT2D eigenvalue weighted by molar-refractivity contribution is 7.99. The van der Waals surface area contributed by atoms with E-state index < -0.39 is 6.17 Å². The van der Waals surface area contributed by atoms with Crippen molar-refractivity contribution in [1.29, 1.82) is 0 Å². The number of ether oxygens (including phenoxy) is 1. The van der Waals surface area contributed by atoms with Crippen molar-refractivity contribution < 1.29 is 9.13 Å². The Morgan fingerprint density at radius 2 is 2.12 bits per heavy atom. The van der Waals surface area contributed by atoms with Crippen LogP contribution in [0.15, 0.2) is 52.8 Å². The highest BCUT2D eigenvalue weighted by atomic mass is 32.2. The summed E-state index contributed by atoms with van der Waals surface area (Å²) in [5, 5.41) is 13.9. The van der Waals surface area contributed by atoms with Gasteiger partial charge in [-0.15, -0.1) is 10.2 Å². The first-order chi connectivity index (χ1) is 12.2. The topological polar surface area (TPSA) is 52.3 Å². The molecule has 25 heavy (non-hydrogen) atoms. The molecule has 0 radical (unpaired) electrons. The molecule has 0 amide bonds. The van der Waals surface area contributed by atoms with Crippen LogP contribution >= 0.6 is 11.8 Å². The first kappa shape index (κ1) is 16.1.